The van der Waals surface area contributed by atoms with Crippen molar-refractivity contribution in [1.82, 2.24) is 25.5 Å². The van der Waals surface area contributed by atoms with Gasteiger partial charge >= 0.3 is 0 Å². The molecule has 7 heteroatoms. The first-order valence-corrected chi connectivity index (χ1v) is 7.84. The van der Waals surface area contributed by atoms with Gasteiger partial charge in [-0.3, -0.25) is 4.79 Å². The Morgan fingerprint density at radius 3 is 2.91 bits per heavy atom. The predicted octanol–water partition coefficient (Wildman–Crippen LogP) is 1.37. The Kier molecular flexibility index (Phi) is 3.37. The van der Waals surface area contributed by atoms with E-state index in [9.17, 15) is 4.79 Å². The number of nitrogens with zero attached hydrogens (tertiary/aromatic N) is 4. The second kappa shape index (κ2) is 5.42. The summed E-state index contributed by atoms with van der Waals surface area (Å²) < 4.78 is 5.39. The van der Waals surface area contributed by atoms with Gasteiger partial charge in [0.1, 0.15) is 0 Å². The van der Waals surface area contributed by atoms with Crippen LogP contribution in [0, 0.1) is 11.3 Å². The lowest BCUT2D eigenvalue weighted by molar-refractivity contribution is -0.0536. The summed E-state index contributed by atoms with van der Waals surface area (Å²) >= 11 is 0. The predicted molar refractivity (Wildman–Crippen MR) is 82.6 cm³/mol. The maximum atomic E-state index is 12.7. The SMILES string of the molecule is COCC1(C2CC2)CN(C(=O)c2cccc(-c3nn[nH]n3)c2)C1. The van der Waals surface area contributed by atoms with E-state index in [0.29, 0.717) is 11.4 Å². The van der Waals surface area contributed by atoms with Gasteiger partial charge in [0.05, 0.1) is 6.61 Å². The average Bonchev–Trinajstić information content (AvgIpc) is 3.24. The first-order chi connectivity index (χ1) is 11.2. The molecule has 2 aromatic rings. The van der Waals surface area contributed by atoms with Gasteiger partial charge in [0.25, 0.3) is 5.91 Å². The largest absolute Gasteiger partial charge is 0.384 e. The normalized spacial score (nSPS) is 19.4. The molecule has 0 unspecified atom stereocenters. The topological polar surface area (TPSA) is 84.0 Å². The number of carbonyl (C=O) groups is 1. The third-order valence-corrected chi connectivity index (χ3v) is 4.89. The quantitative estimate of drug-likeness (QED) is 0.901. The van der Waals surface area contributed by atoms with Crippen LogP contribution < -0.4 is 0 Å². The third kappa shape index (κ3) is 2.50. The molecule has 2 aliphatic rings. The molecule has 2 heterocycles. The number of amides is 1. The molecule has 1 aromatic heterocycles. The maximum Gasteiger partial charge on any atom is 0.253 e. The van der Waals surface area contributed by atoms with Crippen molar-refractivity contribution in [3.8, 4) is 11.4 Å². The Balaban J connectivity index is 1.49. The van der Waals surface area contributed by atoms with Crippen molar-refractivity contribution < 1.29 is 9.53 Å². The van der Waals surface area contributed by atoms with Gasteiger partial charge < -0.3 is 9.64 Å². The number of aromatic amines is 1. The van der Waals surface area contributed by atoms with E-state index in [1.807, 2.05) is 29.2 Å². The first kappa shape index (κ1) is 14.3. The minimum Gasteiger partial charge on any atom is -0.384 e. The Bertz CT molecular complexity index is 705. The molecule has 0 spiro atoms. The summed E-state index contributed by atoms with van der Waals surface area (Å²) in [5, 5.41) is 13.9. The fourth-order valence-corrected chi connectivity index (χ4v) is 3.57. The van der Waals surface area contributed by atoms with Gasteiger partial charge in [-0.1, -0.05) is 12.1 Å². The molecule has 2 fully saturated rings. The number of H-pyrrole nitrogens is 1. The van der Waals surface area contributed by atoms with E-state index in [-0.39, 0.29) is 11.3 Å². The fraction of sp³-hybridized carbons (Fsp3) is 0.500. The summed E-state index contributed by atoms with van der Waals surface area (Å²) in [7, 11) is 1.74. The number of carbonyl (C=O) groups excluding carboxylic acids is 1. The summed E-state index contributed by atoms with van der Waals surface area (Å²) in [5.74, 6) is 1.27. The van der Waals surface area contributed by atoms with Crippen LogP contribution in [0.15, 0.2) is 24.3 Å². The lowest BCUT2D eigenvalue weighted by Gasteiger charge is -2.50. The Morgan fingerprint density at radius 1 is 1.43 bits per heavy atom. The number of hydrogen-bond donors (Lipinski definition) is 1. The molecule has 1 N–H and O–H groups in total. The van der Waals surface area contributed by atoms with Crippen molar-refractivity contribution in [2.75, 3.05) is 26.8 Å². The standard InChI is InChI=1S/C16H19N5O2/c1-23-10-16(13-5-6-13)8-21(9-16)15(22)12-4-2-3-11(7-12)14-17-19-20-18-14/h2-4,7,13H,5-6,8-10H2,1H3,(H,17,18,19,20). The molecule has 0 bridgehead atoms. The van der Waals surface area contributed by atoms with E-state index < -0.39 is 0 Å². The molecule has 4 rings (SSSR count). The zero-order valence-electron chi connectivity index (χ0n) is 13.0. The van der Waals surface area contributed by atoms with Crippen LogP contribution in [0.5, 0.6) is 0 Å². The Morgan fingerprint density at radius 2 is 2.26 bits per heavy atom. The number of ether oxygens (including phenoxy) is 1. The van der Waals surface area contributed by atoms with Crippen LogP contribution in [0.3, 0.4) is 0 Å². The van der Waals surface area contributed by atoms with Gasteiger partial charge in [-0.2, -0.15) is 5.21 Å². The molecule has 0 atom stereocenters. The number of methoxy groups -OCH3 is 1. The number of benzene rings is 1. The summed E-state index contributed by atoms with van der Waals surface area (Å²) in [4.78, 5) is 14.6. The van der Waals surface area contributed by atoms with E-state index in [1.54, 1.807) is 7.11 Å². The first-order valence-electron chi connectivity index (χ1n) is 7.84. The third-order valence-electron chi connectivity index (χ3n) is 4.89. The van der Waals surface area contributed by atoms with Gasteiger partial charge in [-0.25, -0.2) is 0 Å². The summed E-state index contributed by atoms with van der Waals surface area (Å²) in [6.45, 7) is 2.32. The van der Waals surface area contributed by atoms with E-state index in [4.69, 9.17) is 4.74 Å². The molecule has 1 saturated heterocycles. The highest BCUT2D eigenvalue weighted by molar-refractivity contribution is 5.95. The van der Waals surface area contributed by atoms with Crippen molar-refractivity contribution in [2.24, 2.45) is 11.3 Å². The van der Waals surface area contributed by atoms with Gasteiger partial charge in [0.15, 0.2) is 0 Å². The van der Waals surface area contributed by atoms with Crippen LogP contribution in [0.25, 0.3) is 11.4 Å². The van der Waals surface area contributed by atoms with Crippen molar-refractivity contribution in [3.05, 3.63) is 29.8 Å². The van der Waals surface area contributed by atoms with Crippen molar-refractivity contribution >= 4 is 5.91 Å². The van der Waals surface area contributed by atoms with Crippen molar-refractivity contribution in [1.29, 1.82) is 0 Å². The van der Waals surface area contributed by atoms with Crippen LogP contribution in [0.2, 0.25) is 0 Å². The van der Waals surface area contributed by atoms with Crippen LogP contribution in [-0.2, 0) is 4.74 Å². The van der Waals surface area contributed by atoms with E-state index in [0.717, 1.165) is 31.2 Å². The highest BCUT2D eigenvalue weighted by atomic mass is 16.5. The number of hydrogen-bond acceptors (Lipinski definition) is 5. The molecule has 1 aliphatic heterocycles. The maximum absolute atomic E-state index is 12.7. The van der Waals surface area contributed by atoms with E-state index >= 15 is 0 Å². The van der Waals surface area contributed by atoms with Crippen molar-refractivity contribution in [2.45, 2.75) is 12.8 Å². The van der Waals surface area contributed by atoms with E-state index in [2.05, 4.69) is 20.6 Å². The number of nitrogens with one attached hydrogen (secondary N) is 1. The molecule has 23 heavy (non-hydrogen) atoms. The number of tetrazole rings is 1. The Hall–Kier alpha value is -2.28. The second-order valence-corrected chi connectivity index (χ2v) is 6.55. The summed E-state index contributed by atoms with van der Waals surface area (Å²) in [6, 6.07) is 7.37. The minimum atomic E-state index is 0.0581. The molecule has 120 valence electrons. The van der Waals surface area contributed by atoms with E-state index in [1.165, 1.54) is 12.8 Å². The summed E-state index contributed by atoms with van der Waals surface area (Å²) in [6.07, 6.45) is 2.53. The zero-order valence-corrected chi connectivity index (χ0v) is 13.0. The molecule has 7 nitrogen and oxygen atoms in total. The van der Waals surface area contributed by atoms with Crippen molar-refractivity contribution in [3.63, 3.8) is 0 Å². The average molecular weight is 313 g/mol. The fourth-order valence-electron chi connectivity index (χ4n) is 3.57. The zero-order chi connectivity index (χ0) is 15.9. The molecule has 0 radical (unpaired) electrons. The lowest BCUT2D eigenvalue weighted by atomic mass is 9.75. The smallest absolute Gasteiger partial charge is 0.253 e. The molecular formula is C16H19N5O2. The summed E-state index contributed by atoms with van der Waals surface area (Å²) in [5.41, 5.74) is 1.62. The molecule has 1 aromatic carbocycles. The highest BCUT2D eigenvalue weighted by Gasteiger charge is 2.54. The molecule has 1 aliphatic carbocycles. The highest BCUT2D eigenvalue weighted by Crippen LogP contribution is 2.51. The van der Waals surface area contributed by atoms with Crippen LogP contribution in [0.4, 0.5) is 0 Å². The number of rotatable bonds is 5. The number of aromatic nitrogens is 4. The molecule has 1 amide bonds. The molecular weight excluding hydrogens is 294 g/mol. The van der Waals surface area contributed by atoms with Crippen LogP contribution >= 0.6 is 0 Å². The van der Waals surface area contributed by atoms with Gasteiger partial charge in [0, 0.05) is 36.7 Å². The second-order valence-electron chi connectivity index (χ2n) is 6.55. The minimum absolute atomic E-state index is 0.0581. The van der Waals surface area contributed by atoms with Gasteiger partial charge in [0.2, 0.25) is 5.82 Å². The number of likely N-dealkylation sites (tertiary alicyclic amines) is 1. The van der Waals surface area contributed by atoms with Gasteiger partial charge in [-0.05, 0) is 36.1 Å². The van der Waals surface area contributed by atoms with Crippen LogP contribution in [0.1, 0.15) is 23.2 Å². The van der Waals surface area contributed by atoms with Gasteiger partial charge in [-0.15, -0.1) is 10.2 Å². The monoisotopic (exact) mass is 313 g/mol. The van der Waals surface area contributed by atoms with Crippen LogP contribution in [-0.4, -0.2) is 58.2 Å². The molecule has 1 saturated carbocycles. The Labute approximate surface area is 134 Å². The lowest BCUT2D eigenvalue weighted by Crippen LogP contribution is -2.61.